The third kappa shape index (κ3) is 3.61. The number of aromatic nitrogens is 3. The van der Waals surface area contributed by atoms with Crippen LogP contribution in [0.4, 0.5) is 11.5 Å². The Labute approximate surface area is 187 Å². The largest absolute Gasteiger partial charge is 0.490 e. The van der Waals surface area contributed by atoms with Gasteiger partial charge in [-0.1, -0.05) is 48.5 Å². The van der Waals surface area contributed by atoms with Crippen LogP contribution in [-0.4, -0.2) is 45.7 Å². The lowest BCUT2D eigenvalue weighted by molar-refractivity contribution is 0.426. The highest BCUT2D eigenvalue weighted by molar-refractivity contribution is 6.61. The fraction of sp³-hybridized carbons (Fsp3) is 0.250. The number of aromatic amines is 1. The van der Waals surface area contributed by atoms with Gasteiger partial charge in [0.15, 0.2) is 11.6 Å². The smallest absolute Gasteiger partial charge is 0.423 e. The standard InChI is InChI=1S/C24H26BN5O2/c1-15-20(17-10-6-11-18(25(31)32)21(17)27-15)23-28-19-12-7-13-30(2)22(19)24(29-23)26-14-16-8-4-3-5-9-16/h3-6,8-11,27,31-32H,7,12-14H2,1-2H3,(H,26,28,29). The molecule has 0 fully saturated rings. The lowest BCUT2D eigenvalue weighted by Crippen LogP contribution is -2.30. The molecule has 8 heteroatoms. The fourth-order valence-electron chi connectivity index (χ4n) is 4.56. The van der Waals surface area contributed by atoms with Crippen LogP contribution < -0.4 is 15.7 Å². The van der Waals surface area contributed by atoms with Crippen molar-refractivity contribution in [1.82, 2.24) is 15.0 Å². The number of hydrogen-bond acceptors (Lipinski definition) is 6. The summed E-state index contributed by atoms with van der Waals surface area (Å²) in [6, 6.07) is 15.8. The highest BCUT2D eigenvalue weighted by atomic mass is 16.4. The summed E-state index contributed by atoms with van der Waals surface area (Å²) in [6.07, 6.45) is 1.95. The summed E-state index contributed by atoms with van der Waals surface area (Å²) in [5, 5.41) is 24.0. The molecule has 32 heavy (non-hydrogen) atoms. The minimum absolute atomic E-state index is 0.442. The molecule has 1 aliphatic heterocycles. The van der Waals surface area contributed by atoms with Crippen molar-refractivity contribution in [2.75, 3.05) is 23.8 Å². The van der Waals surface area contributed by atoms with E-state index in [9.17, 15) is 10.0 Å². The van der Waals surface area contributed by atoms with Gasteiger partial charge in [-0.05, 0) is 25.3 Å². The maximum absolute atomic E-state index is 9.79. The number of nitrogens with one attached hydrogen (secondary N) is 2. The van der Waals surface area contributed by atoms with E-state index in [1.165, 1.54) is 5.56 Å². The number of benzene rings is 2. The SMILES string of the molecule is Cc1[nH]c2c(B(O)O)cccc2c1-c1nc2c(c(NCc3ccccc3)n1)N(C)CCC2. The van der Waals surface area contributed by atoms with Crippen molar-refractivity contribution >= 4 is 35.0 Å². The average Bonchev–Trinajstić information content (AvgIpc) is 3.13. The number of para-hydroxylation sites is 1. The summed E-state index contributed by atoms with van der Waals surface area (Å²) in [6.45, 7) is 3.61. The third-order valence-electron chi connectivity index (χ3n) is 6.10. The van der Waals surface area contributed by atoms with Crippen LogP contribution in [0.3, 0.4) is 0 Å². The van der Waals surface area contributed by atoms with Crippen molar-refractivity contribution in [1.29, 1.82) is 0 Å². The van der Waals surface area contributed by atoms with Gasteiger partial charge in [0.1, 0.15) is 5.69 Å². The van der Waals surface area contributed by atoms with E-state index in [1.807, 2.05) is 37.3 Å². The zero-order valence-corrected chi connectivity index (χ0v) is 18.3. The molecule has 0 bridgehead atoms. The van der Waals surface area contributed by atoms with Crippen LogP contribution in [0, 0.1) is 6.92 Å². The molecule has 0 amide bonds. The maximum Gasteiger partial charge on any atom is 0.490 e. The van der Waals surface area contributed by atoms with E-state index in [4.69, 9.17) is 9.97 Å². The summed E-state index contributed by atoms with van der Waals surface area (Å²) in [5.41, 5.74) is 6.20. The van der Waals surface area contributed by atoms with Crippen molar-refractivity contribution in [3.05, 3.63) is 65.5 Å². The lowest BCUT2D eigenvalue weighted by atomic mass is 9.79. The van der Waals surface area contributed by atoms with Gasteiger partial charge in [0, 0.05) is 47.8 Å². The first kappa shape index (κ1) is 20.5. The number of fused-ring (bicyclic) bond motifs is 2. The van der Waals surface area contributed by atoms with Crippen molar-refractivity contribution in [3.63, 3.8) is 0 Å². The molecule has 4 aromatic rings. The molecule has 2 aromatic carbocycles. The van der Waals surface area contributed by atoms with Crippen molar-refractivity contribution in [2.45, 2.75) is 26.3 Å². The van der Waals surface area contributed by atoms with Crippen LogP contribution in [0.15, 0.2) is 48.5 Å². The summed E-state index contributed by atoms with van der Waals surface area (Å²) >= 11 is 0. The Morgan fingerprint density at radius 2 is 1.91 bits per heavy atom. The van der Waals surface area contributed by atoms with Gasteiger partial charge in [-0.25, -0.2) is 9.97 Å². The van der Waals surface area contributed by atoms with Gasteiger partial charge in [-0.15, -0.1) is 0 Å². The molecule has 162 valence electrons. The summed E-state index contributed by atoms with van der Waals surface area (Å²) < 4.78 is 0. The topological polar surface area (TPSA) is 97.3 Å². The Morgan fingerprint density at radius 3 is 2.69 bits per heavy atom. The molecule has 0 atom stereocenters. The van der Waals surface area contributed by atoms with Gasteiger partial charge in [0.05, 0.1) is 5.69 Å². The Bertz CT molecular complexity index is 1270. The van der Waals surface area contributed by atoms with Gasteiger partial charge in [-0.2, -0.15) is 0 Å². The molecule has 5 rings (SSSR count). The fourth-order valence-corrected chi connectivity index (χ4v) is 4.56. The van der Waals surface area contributed by atoms with Gasteiger partial charge in [0.2, 0.25) is 0 Å². The van der Waals surface area contributed by atoms with E-state index in [0.29, 0.717) is 23.3 Å². The first-order chi connectivity index (χ1) is 15.5. The summed E-state index contributed by atoms with van der Waals surface area (Å²) in [5.74, 6) is 1.46. The van der Waals surface area contributed by atoms with Crippen LogP contribution in [0.5, 0.6) is 0 Å². The van der Waals surface area contributed by atoms with Crippen LogP contribution in [0.25, 0.3) is 22.3 Å². The normalized spacial score (nSPS) is 13.3. The number of aryl methyl sites for hydroxylation is 2. The highest BCUT2D eigenvalue weighted by Crippen LogP contribution is 2.36. The molecule has 0 spiro atoms. The number of hydrogen-bond donors (Lipinski definition) is 4. The third-order valence-corrected chi connectivity index (χ3v) is 6.10. The van der Waals surface area contributed by atoms with E-state index < -0.39 is 7.12 Å². The second kappa shape index (κ2) is 8.29. The number of H-pyrrole nitrogens is 1. The molecular weight excluding hydrogens is 401 g/mol. The molecule has 0 aliphatic carbocycles. The number of rotatable bonds is 5. The summed E-state index contributed by atoms with van der Waals surface area (Å²) in [4.78, 5) is 15.5. The average molecular weight is 427 g/mol. The van der Waals surface area contributed by atoms with E-state index in [-0.39, 0.29) is 0 Å². The Balaban J connectivity index is 1.64. The molecule has 7 nitrogen and oxygen atoms in total. The van der Waals surface area contributed by atoms with Crippen molar-refractivity contribution < 1.29 is 10.0 Å². The summed E-state index contributed by atoms with van der Waals surface area (Å²) in [7, 11) is 0.534. The molecule has 0 unspecified atom stereocenters. The molecule has 0 radical (unpaired) electrons. The Morgan fingerprint density at radius 1 is 1.09 bits per heavy atom. The molecular formula is C24H26BN5O2. The maximum atomic E-state index is 9.79. The van der Waals surface area contributed by atoms with Crippen molar-refractivity contribution in [3.8, 4) is 11.4 Å². The molecule has 0 saturated carbocycles. The second-order valence-corrected chi connectivity index (χ2v) is 8.32. The second-order valence-electron chi connectivity index (χ2n) is 8.32. The van der Waals surface area contributed by atoms with E-state index in [0.717, 1.165) is 53.2 Å². The predicted octanol–water partition coefficient (Wildman–Crippen LogP) is 2.61. The molecule has 4 N–H and O–H groups in total. The van der Waals surface area contributed by atoms with Gasteiger partial charge in [-0.3, -0.25) is 0 Å². The number of nitrogens with zero attached hydrogens (tertiary/aromatic N) is 3. The Kier molecular flexibility index (Phi) is 5.32. The van der Waals surface area contributed by atoms with E-state index >= 15 is 0 Å². The van der Waals surface area contributed by atoms with Gasteiger partial charge in [0.25, 0.3) is 0 Å². The first-order valence-corrected chi connectivity index (χ1v) is 10.9. The lowest BCUT2D eigenvalue weighted by Gasteiger charge is -2.29. The minimum atomic E-state index is -1.55. The van der Waals surface area contributed by atoms with Crippen LogP contribution >= 0.6 is 0 Å². The monoisotopic (exact) mass is 427 g/mol. The van der Waals surface area contributed by atoms with Crippen LogP contribution in [0.1, 0.15) is 23.4 Å². The van der Waals surface area contributed by atoms with Crippen LogP contribution in [-0.2, 0) is 13.0 Å². The van der Waals surface area contributed by atoms with Crippen molar-refractivity contribution in [2.24, 2.45) is 0 Å². The van der Waals surface area contributed by atoms with E-state index in [2.05, 4.69) is 34.4 Å². The molecule has 0 saturated heterocycles. The Hall–Kier alpha value is -3.36. The number of anilines is 2. The molecule has 1 aliphatic rings. The van der Waals surface area contributed by atoms with Gasteiger partial charge < -0.3 is 25.2 Å². The predicted molar refractivity (Wildman–Crippen MR) is 129 cm³/mol. The van der Waals surface area contributed by atoms with E-state index in [1.54, 1.807) is 6.07 Å². The zero-order chi connectivity index (χ0) is 22.2. The quantitative estimate of drug-likeness (QED) is 0.366. The minimum Gasteiger partial charge on any atom is -0.423 e. The zero-order valence-electron chi connectivity index (χ0n) is 18.3. The molecule has 2 aromatic heterocycles. The first-order valence-electron chi connectivity index (χ1n) is 10.9. The van der Waals surface area contributed by atoms with Gasteiger partial charge >= 0.3 is 7.12 Å². The van der Waals surface area contributed by atoms with Crippen LogP contribution in [0.2, 0.25) is 0 Å². The highest BCUT2D eigenvalue weighted by Gasteiger charge is 2.25. The molecule has 3 heterocycles.